The summed E-state index contributed by atoms with van der Waals surface area (Å²) in [5.41, 5.74) is 2.50. The summed E-state index contributed by atoms with van der Waals surface area (Å²) in [4.78, 5) is 12.2. The van der Waals surface area contributed by atoms with Gasteiger partial charge in [0.15, 0.2) is 0 Å². The van der Waals surface area contributed by atoms with E-state index in [2.05, 4.69) is 15.5 Å². The number of anilines is 1. The van der Waals surface area contributed by atoms with E-state index in [0.717, 1.165) is 17.0 Å². The molecule has 1 aromatic heterocycles. The molecule has 6 heteroatoms. The number of H-pyrrole nitrogens is 1. The number of ether oxygens (including phenoxy) is 1. The van der Waals surface area contributed by atoms with Crippen LogP contribution in [0.3, 0.4) is 0 Å². The Balaban J connectivity index is 1.73. The van der Waals surface area contributed by atoms with Crippen LogP contribution in [0.4, 0.5) is 5.69 Å². The minimum atomic E-state index is -0.227. The van der Waals surface area contributed by atoms with Crippen LogP contribution >= 0.6 is 11.6 Å². The molecule has 2 N–H and O–H groups in total. The highest BCUT2D eigenvalue weighted by molar-refractivity contribution is 6.30. The van der Waals surface area contributed by atoms with E-state index in [1.165, 1.54) is 0 Å². The number of aromatic amines is 1. The molecule has 0 spiro atoms. The standard InChI is InChI=1S/C14H14ClN3O2/c1-8-12(6-16-18-8)17-14(19)10-4-9-5-11(15)2-3-13(9)20-7-10/h2-3,5-6,10H,4,7H2,1H3,(H,16,18)(H,17,19)/t10-/m0/s1. The summed E-state index contributed by atoms with van der Waals surface area (Å²) in [5, 5.41) is 10.2. The predicted octanol–water partition coefficient (Wildman–Crippen LogP) is 2.56. The number of carbonyl (C=O) groups is 1. The number of aromatic nitrogens is 2. The molecule has 0 unspecified atom stereocenters. The molecular weight excluding hydrogens is 278 g/mol. The highest BCUT2D eigenvalue weighted by atomic mass is 35.5. The van der Waals surface area contributed by atoms with Gasteiger partial charge in [0, 0.05) is 5.02 Å². The summed E-state index contributed by atoms with van der Waals surface area (Å²) in [6.45, 7) is 2.23. The van der Waals surface area contributed by atoms with Gasteiger partial charge in [-0.2, -0.15) is 5.10 Å². The SMILES string of the molecule is Cc1[nH]ncc1NC(=O)[C@@H]1COc2ccc(Cl)cc2C1. The maximum atomic E-state index is 12.2. The normalized spacial score (nSPS) is 17.2. The van der Waals surface area contributed by atoms with Crippen LogP contribution < -0.4 is 10.1 Å². The molecule has 1 amide bonds. The Labute approximate surface area is 121 Å². The molecule has 0 aliphatic carbocycles. The molecule has 0 saturated carbocycles. The van der Waals surface area contributed by atoms with Crippen molar-refractivity contribution in [3.05, 3.63) is 40.7 Å². The fourth-order valence-electron chi connectivity index (χ4n) is 2.24. The molecule has 5 nitrogen and oxygen atoms in total. The molecule has 20 heavy (non-hydrogen) atoms. The second-order valence-electron chi connectivity index (χ2n) is 4.86. The topological polar surface area (TPSA) is 67.0 Å². The Morgan fingerprint density at radius 1 is 1.55 bits per heavy atom. The largest absolute Gasteiger partial charge is 0.492 e. The summed E-state index contributed by atoms with van der Waals surface area (Å²) in [7, 11) is 0. The first-order valence-corrected chi connectivity index (χ1v) is 6.73. The summed E-state index contributed by atoms with van der Waals surface area (Å²) in [5.74, 6) is 0.508. The van der Waals surface area contributed by atoms with Crippen LogP contribution in [0, 0.1) is 12.8 Å². The van der Waals surface area contributed by atoms with E-state index in [0.29, 0.717) is 23.7 Å². The molecule has 0 radical (unpaired) electrons. The van der Waals surface area contributed by atoms with Crippen molar-refractivity contribution < 1.29 is 9.53 Å². The fourth-order valence-corrected chi connectivity index (χ4v) is 2.44. The number of fused-ring (bicyclic) bond motifs is 1. The van der Waals surface area contributed by atoms with Crippen LogP contribution in [-0.4, -0.2) is 22.7 Å². The Morgan fingerprint density at radius 3 is 3.15 bits per heavy atom. The quantitative estimate of drug-likeness (QED) is 0.893. The number of halogens is 1. The molecular formula is C14H14ClN3O2. The van der Waals surface area contributed by atoms with E-state index in [1.54, 1.807) is 12.3 Å². The number of aryl methyl sites for hydroxylation is 1. The molecule has 1 atom stereocenters. The molecule has 104 valence electrons. The zero-order valence-corrected chi connectivity index (χ0v) is 11.7. The molecule has 1 aromatic carbocycles. The predicted molar refractivity (Wildman–Crippen MR) is 76.1 cm³/mol. The minimum absolute atomic E-state index is 0.0693. The van der Waals surface area contributed by atoms with Crippen LogP contribution in [0.15, 0.2) is 24.4 Å². The van der Waals surface area contributed by atoms with Gasteiger partial charge in [0.05, 0.1) is 23.5 Å². The number of benzene rings is 1. The van der Waals surface area contributed by atoms with E-state index >= 15 is 0 Å². The Kier molecular flexibility index (Phi) is 3.36. The van der Waals surface area contributed by atoms with Crippen molar-refractivity contribution in [2.75, 3.05) is 11.9 Å². The maximum Gasteiger partial charge on any atom is 0.231 e. The zero-order valence-electron chi connectivity index (χ0n) is 10.9. The molecule has 0 fully saturated rings. The van der Waals surface area contributed by atoms with Crippen LogP contribution in [0.2, 0.25) is 5.02 Å². The van der Waals surface area contributed by atoms with Gasteiger partial charge in [-0.1, -0.05) is 11.6 Å². The Hall–Kier alpha value is -2.01. The van der Waals surface area contributed by atoms with Gasteiger partial charge < -0.3 is 10.1 Å². The average molecular weight is 292 g/mol. The van der Waals surface area contributed by atoms with Crippen molar-refractivity contribution in [1.82, 2.24) is 10.2 Å². The first-order chi connectivity index (χ1) is 9.63. The molecule has 2 aromatic rings. The number of hydrogen-bond acceptors (Lipinski definition) is 3. The van der Waals surface area contributed by atoms with Gasteiger partial charge in [0.25, 0.3) is 0 Å². The number of amides is 1. The summed E-state index contributed by atoms with van der Waals surface area (Å²) >= 11 is 5.97. The molecule has 1 aliphatic heterocycles. The van der Waals surface area contributed by atoms with Crippen molar-refractivity contribution in [2.45, 2.75) is 13.3 Å². The van der Waals surface area contributed by atoms with Crippen molar-refractivity contribution in [3.8, 4) is 5.75 Å². The lowest BCUT2D eigenvalue weighted by Crippen LogP contribution is -2.32. The Morgan fingerprint density at radius 2 is 2.40 bits per heavy atom. The van der Waals surface area contributed by atoms with Gasteiger partial charge in [0.1, 0.15) is 12.4 Å². The molecule has 1 aliphatic rings. The average Bonchev–Trinajstić information content (AvgIpc) is 2.83. The first kappa shape index (κ1) is 13.0. The van der Waals surface area contributed by atoms with Crippen molar-refractivity contribution >= 4 is 23.2 Å². The molecule has 0 saturated heterocycles. The third kappa shape index (κ3) is 2.49. The number of nitrogens with zero attached hydrogens (tertiary/aromatic N) is 1. The highest BCUT2D eigenvalue weighted by Crippen LogP contribution is 2.30. The minimum Gasteiger partial charge on any atom is -0.492 e. The third-order valence-electron chi connectivity index (χ3n) is 3.39. The van der Waals surface area contributed by atoms with Gasteiger partial charge in [-0.25, -0.2) is 0 Å². The maximum absolute atomic E-state index is 12.2. The van der Waals surface area contributed by atoms with Crippen molar-refractivity contribution in [3.63, 3.8) is 0 Å². The molecule has 0 bridgehead atoms. The highest BCUT2D eigenvalue weighted by Gasteiger charge is 2.26. The van der Waals surface area contributed by atoms with Gasteiger partial charge in [-0.05, 0) is 37.1 Å². The van der Waals surface area contributed by atoms with Crippen molar-refractivity contribution in [1.29, 1.82) is 0 Å². The van der Waals surface area contributed by atoms with Crippen LogP contribution in [0.25, 0.3) is 0 Å². The summed E-state index contributed by atoms with van der Waals surface area (Å²) in [6.07, 6.45) is 2.22. The monoisotopic (exact) mass is 291 g/mol. The lowest BCUT2D eigenvalue weighted by molar-refractivity contribution is -0.121. The van der Waals surface area contributed by atoms with Gasteiger partial charge in [-0.15, -0.1) is 0 Å². The van der Waals surface area contributed by atoms with E-state index in [-0.39, 0.29) is 11.8 Å². The van der Waals surface area contributed by atoms with Gasteiger partial charge in [0.2, 0.25) is 5.91 Å². The van der Waals surface area contributed by atoms with Crippen LogP contribution in [0.5, 0.6) is 5.75 Å². The van der Waals surface area contributed by atoms with Gasteiger partial charge >= 0.3 is 0 Å². The zero-order chi connectivity index (χ0) is 14.1. The van der Waals surface area contributed by atoms with E-state index in [1.807, 2.05) is 19.1 Å². The van der Waals surface area contributed by atoms with E-state index in [9.17, 15) is 4.79 Å². The lowest BCUT2D eigenvalue weighted by Gasteiger charge is -2.24. The van der Waals surface area contributed by atoms with Crippen LogP contribution in [-0.2, 0) is 11.2 Å². The lowest BCUT2D eigenvalue weighted by atomic mass is 9.96. The van der Waals surface area contributed by atoms with E-state index < -0.39 is 0 Å². The summed E-state index contributed by atoms with van der Waals surface area (Å²) < 4.78 is 5.62. The van der Waals surface area contributed by atoms with E-state index in [4.69, 9.17) is 16.3 Å². The Bertz CT molecular complexity index is 654. The molecule has 3 rings (SSSR count). The number of hydrogen-bond donors (Lipinski definition) is 2. The number of nitrogens with one attached hydrogen (secondary N) is 2. The van der Waals surface area contributed by atoms with Crippen molar-refractivity contribution in [2.24, 2.45) is 5.92 Å². The second kappa shape index (κ2) is 5.17. The summed E-state index contributed by atoms with van der Waals surface area (Å²) in [6, 6.07) is 5.47. The smallest absolute Gasteiger partial charge is 0.231 e. The fraction of sp³-hybridized carbons (Fsp3) is 0.286. The first-order valence-electron chi connectivity index (χ1n) is 6.35. The van der Waals surface area contributed by atoms with Crippen LogP contribution in [0.1, 0.15) is 11.3 Å². The molecule has 2 heterocycles. The number of rotatable bonds is 2. The number of carbonyl (C=O) groups excluding carboxylic acids is 1. The second-order valence-corrected chi connectivity index (χ2v) is 5.30. The van der Waals surface area contributed by atoms with Gasteiger partial charge in [-0.3, -0.25) is 9.89 Å². The third-order valence-corrected chi connectivity index (χ3v) is 3.62.